The summed E-state index contributed by atoms with van der Waals surface area (Å²) in [5, 5.41) is 0.428. The first kappa shape index (κ1) is 18.0. The molecule has 0 amide bonds. The highest BCUT2D eigenvalue weighted by atomic mass is 31.2. The number of aryl methyl sites for hydroxylation is 1. The maximum Gasteiger partial charge on any atom is 0.365 e. The van der Waals surface area contributed by atoms with Gasteiger partial charge in [0.25, 0.3) is 0 Å². The van der Waals surface area contributed by atoms with Crippen molar-refractivity contribution in [1.82, 2.24) is 9.97 Å². The smallest absolute Gasteiger partial charge is 0.365 e. The van der Waals surface area contributed by atoms with Crippen LogP contribution in [0.5, 0.6) is 0 Å². The molecule has 0 aromatic carbocycles. The zero-order valence-corrected chi connectivity index (χ0v) is 15.3. The third kappa shape index (κ3) is 3.94. The molecule has 0 spiro atoms. The summed E-state index contributed by atoms with van der Waals surface area (Å²) in [5.41, 5.74) is 1.64. The van der Waals surface area contributed by atoms with E-state index in [0.29, 0.717) is 35.9 Å². The summed E-state index contributed by atoms with van der Waals surface area (Å²) >= 11 is 0. The van der Waals surface area contributed by atoms with Gasteiger partial charge >= 0.3 is 7.60 Å². The molecular formula is C16H25N2O4P. The maximum absolute atomic E-state index is 13.1. The number of nitrogens with one attached hydrogen (secondary N) is 1. The summed E-state index contributed by atoms with van der Waals surface area (Å²) in [7, 11) is -3.42. The Kier molecular flexibility index (Phi) is 5.84. The Morgan fingerprint density at radius 1 is 1.30 bits per heavy atom. The summed E-state index contributed by atoms with van der Waals surface area (Å²) in [5.74, 6) is 1.70. The second-order valence-electron chi connectivity index (χ2n) is 5.72. The van der Waals surface area contributed by atoms with Crippen LogP contribution in [0.3, 0.4) is 0 Å². The number of nitrogens with zero attached hydrogens (tertiary/aromatic N) is 1. The van der Waals surface area contributed by atoms with Crippen LogP contribution in [0, 0.1) is 12.8 Å². The van der Waals surface area contributed by atoms with Crippen LogP contribution in [0.15, 0.2) is 16.7 Å². The number of hydrogen-bond donors (Lipinski definition) is 1. The fourth-order valence-corrected chi connectivity index (χ4v) is 4.18. The summed E-state index contributed by atoms with van der Waals surface area (Å²) in [6.07, 6.45) is 2.32. The molecular weight excluding hydrogens is 315 g/mol. The molecule has 23 heavy (non-hydrogen) atoms. The second kappa shape index (κ2) is 7.47. The molecule has 0 aliphatic carbocycles. The van der Waals surface area contributed by atoms with Gasteiger partial charge in [0.15, 0.2) is 5.76 Å². The van der Waals surface area contributed by atoms with Gasteiger partial charge in [-0.15, -0.1) is 0 Å². The van der Waals surface area contributed by atoms with Crippen LogP contribution in [-0.4, -0.2) is 23.2 Å². The average molecular weight is 340 g/mol. The molecule has 0 bridgehead atoms. The Labute approximate surface area is 137 Å². The van der Waals surface area contributed by atoms with Crippen molar-refractivity contribution in [3.8, 4) is 11.5 Å². The number of rotatable bonds is 8. The lowest BCUT2D eigenvalue weighted by atomic mass is 10.1. The van der Waals surface area contributed by atoms with Crippen molar-refractivity contribution in [2.75, 3.05) is 13.2 Å². The first-order chi connectivity index (χ1) is 10.9. The van der Waals surface area contributed by atoms with E-state index in [0.717, 1.165) is 17.9 Å². The number of aromatic nitrogens is 2. The molecule has 2 rings (SSSR count). The van der Waals surface area contributed by atoms with Crippen LogP contribution in [-0.2, 0) is 20.0 Å². The van der Waals surface area contributed by atoms with Gasteiger partial charge < -0.3 is 18.4 Å². The monoisotopic (exact) mass is 340 g/mol. The summed E-state index contributed by atoms with van der Waals surface area (Å²) in [4.78, 5) is 7.78. The molecule has 0 atom stereocenters. The molecule has 0 radical (unpaired) electrons. The van der Waals surface area contributed by atoms with Crippen molar-refractivity contribution in [3.63, 3.8) is 0 Å². The molecule has 0 fully saturated rings. The van der Waals surface area contributed by atoms with Crippen molar-refractivity contribution < 1.29 is 18.0 Å². The lowest BCUT2D eigenvalue weighted by molar-refractivity contribution is 0.230. The molecule has 0 unspecified atom stereocenters. The van der Waals surface area contributed by atoms with E-state index in [-0.39, 0.29) is 0 Å². The van der Waals surface area contributed by atoms with Crippen LogP contribution in [0.25, 0.3) is 11.5 Å². The van der Waals surface area contributed by atoms with Crippen LogP contribution < -0.4 is 5.30 Å². The topological polar surface area (TPSA) is 77.3 Å². The third-order valence-electron chi connectivity index (χ3n) is 3.26. The van der Waals surface area contributed by atoms with Crippen LogP contribution >= 0.6 is 7.60 Å². The fraction of sp³-hybridized carbons (Fsp3) is 0.562. The lowest BCUT2D eigenvalue weighted by Crippen LogP contribution is -2.12. The third-order valence-corrected chi connectivity index (χ3v) is 5.40. The van der Waals surface area contributed by atoms with Crippen LogP contribution in [0.2, 0.25) is 0 Å². The SMILES string of the molecule is CCOP(=O)(OCC)c1ccoc1-c1nc(C)[nH]c1CC(C)C. The van der Waals surface area contributed by atoms with E-state index in [1.807, 2.05) is 6.92 Å². The number of hydrogen-bond acceptors (Lipinski definition) is 5. The van der Waals surface area contributed by atoms with E-state index < -0.39 is 7.60 Å². The minimum absolute atomic E-state index is 0.292. The van der Waals surface area contributed by atoms with Gasteiger partial charge in [-0.2, -0.15) is 0 Å². The van der Waals surface area contributed by atoms with E-state index in [1.165, 1.54) is 6.26 Å². The Morgan fingerprint density at radius 2 is 1.96 bits per heavy atom. The predicted octanol–water partition coefficient (Wildman–Crippen LogP) is 4.07. The zero-order valence-electron chi connectivity index (χ0n) is 14.4. The van der Waals surface area contributed by atoms with Gasteiger partial charge in [-0.3, -0.25) is 4.57 Å². The molecule has 2 aromatic heterocycles. The molecule has 7 heteroatoms. The number of imidazole rings is 1. The van der Waals surface area contributed by atoms with Gasteiger partial charge in [0.2, 0.25) is 0 Å². The quantitative estimate of drug-likeness (QED) is 0.733. The van der Waals surface area contributed by atoms with Gasteiger partial charge in [0.1, 0.15) is 16.8 Å². The van der Waals surface area contributed by atoms with E-state index >= 15 is 0 Å². The first-order valence-electron chi connectivity index (χ1n) is 7.94. The highest BCUT2D eigenvalue weighted by molar-refractivity contribution is 7.62. The standard InChI is InChI=1S/C16H25N2O4P/c1-6-21-23(19,22-7-2)14-8-9-20-16(14)15-13(10-11(3)4)17-12(5)18-15/h8-9,11H,6-7,10H2,1-5H3,(H,17,18). The van der Waals surface area contributed by atoms with Gasteiger partial charge in [-0.25, -0.2) is 4.98 Å². The lowest BCUT2D eigenvalue weighted by Gasteiger charge is -2.16. The highest BCUT2D eigenvalue weighted by Crippen LogP contribution is 2.49. The van der Waals surface area contributed by atoms with E-state index in [4.69, 9.17) is 13.5 Å². The van der Waals surface area contributed by atoms with Gasteiger partial charge in [-0.05, 0) is 39.2 Å². The molecule has 128 valence electrons. The van der Waals surface area contributed by atoms with Crippen LogP contribution in [0.1, 0.15) is 39.2 Å². The number of H-pyrrole nitrogens is 1. The molecule has 6 nitrogen and oxygen atoms in total. The van der Waals surface area contributed by atoms with Crippen molar-refractivity contribution in [1.29, 1.82) is 0 Å². The van der Waals surface area contributed by atoms with Crippen molar-refractivity contribution in [2.24, 2.45) is 5.92 Å². The van der Waals surface area contributed by atoms with Crippen molar-refractivity contribution in [2.45, 2.75) is 41.0 Å². The zero-order chi connectivity index (χ0) is 17.0. The van der Waals surface area contributed by atoms with Gasteiger partial charge in [0.05, 0.1) is 19.5 Å². The summed E-state index contributed by atoms with van der Waals surface area (Å²) in [6, 6.07) is 1.64. The fourth-order valence-electron chi connectivity index (χ4n) is 2.50. The van der Waals surface area contributed by atoms with Crippen molar-refractivity contribution in [3.05, 3.63) is 23.8 Å². The molecule has 2 heterocycles. The van der Waals surface area contributed by atoms with E-state index in [9.17, 15) is 4.57 Å². The number of furan rings is 1. The highest BCUT2D eigenvalue weighted by Gasteiger charge is 2.34. The molecule has 0 aliphatic heterocycles. The Morgan fingerprint density at radius 3 is 2.52 bits per heavy atom. The van der Waals surface area contributed by atoms with Gasteiger partial charge in [-0.1, -0.05) is 13.8 Å². The first-order valence-corrected chi connectivity index (χ1v) is 9.48. The minimum atomic E-state index is -3.42. The number of aromatic amines is 1. The molecule has 1 N–H and O–H groups in total. The normalized spacial score (nSPS) is 12.3. The average Bonchev–Trinajstić information content (AvgIpc) is 3.05. The van der Waals surface area contributed by atoms with Crippen molar-refractivity contribution >= 4 is 12.9 Å². The molecule has 2 aromatic rings. The second-order valence-corrected chi connectivity index (χ2v) is 7.71. The van der Waals surface area contributed by atoms with E-state index in [1.54, 1.807) is 19.9 Å². The van der Waals surface area contributed by atoms with E-state index in [2.05, 4.69) is 23.8 Å². The Balaban J connectivity index is 2.51. The Hall–Kier alpha value is -1.36. The largest absolute Gasteiger partial charge is 0.462 e. The molecule has 0 aliphatic rings. The summed E-state index contributed by atoms with van der Waals surface area (Å²) < 4.78 is 29.6. The molecule has 0 saturated heterocycles. The summed E-state index contributed by atoms with van der Waals surface area (Å²) in [6.45, 7) is 10.3. The van der Waals surface area contributed by atoms with Crippen LogP contribution in [0.4, 0.5) is 0 Å². The van der Waals surface area contributed by atoms with Gasteiger partial charge in [0, 0.05) is 5.69 Å². The predicted molar refractivity (Wildman–Crippen MR) is 90.1 cm³/mol. The maximum atomic E-state index is 13.1. The minimum Gasteiger partial charge on any atom is -0.462 e. The Bertz CT molecular complexity index is 680. The molecule has 0 saturated carbocycles.